The van der Waals surface area contributed by atoms with Crippen molar-refractivity contribution in [2.45, 2.75) is 26.7 Å². The van der Waals surface area contributed by atoms with Gasteiger partial charge in [-0.1, -0.05) is 38.1 Å². The van der Waals surface area contributed by atoms with Gasteiger partial charge in [0.05, 0.1) is 0 Å². The number of Topliss-reactive ketones (excluding diaryl/α,β-unsaturated/α-hetero) is 1. The van der Waals surface area contributed by atoms with Crippen LogP contribution in [0.3, 0.4) is 0 Å². The molecule has 1 aromatic rings. The Hall–Kier alpha value is -1.13. The smallest absolute Gasteiger partial charge is 0.423 e. The topological polar surface area (TPSA) is 57.5 Å². The third-order valence-electron chi connectivity index (χ3n) is 2.46. The van der Waals surface area contributed by atoms with Crippen LogP contribution < -0.4 is 5.46 Å². The summed E-state index contributed by atoms with van der Waals surface area (Å²) in [5, 5.41) is 18.0. The second-order valence-corrected chi connectivity index (χ2v) is 4.35. The van der Waals surface area contributed by atoms with Gasteiger partial charge in [-0.2, -0.15) is 0 Å². The molecule has 0 unspecified atom stereocenters. The molecule has 0 aliphatic rings. The van der Waals surface area contributed by atoms with E-state index < -0.39 is 7.12 Å². The predicted molar refractivity (Wildman–Crippen MR) is 64.7 cm³/mol. The lowest BCUT2D eigenvalue weighted by atomic mass is 9.79. The third-order valence-corrected chi connectivity index (χ3v) is 2.46. The van der Waals surface area contributed by atoms with Crippen molar-refractivity contribution in [3.8, 4) is 0 Å². The number of benzene rings is 1. The molecule has 0 radical (unpaired) electrons. The maximum atomic E-state index is 11.8. The van der Waals surface area contributed by atoms with Crippen molar-refractivity contribution in [3.63, 3.8) is 0 Å². The first-order valence-electron chi connectivity index (χ1n) is 5.50. The minimum atomic E-state index is -1.52. The fraction of sp³-hybridized carbons (Fsp3) is 0.417. The van der Waals surface area contributed by atoms with E-state index in [0.717, 1.165) is 6.42 Å². The molecule has 0 fully saturated rings. The molecular formula is C12H17BO3. The van der Waals surface area contributed by atoms with E-state index in [-0.39, 0.29) is 5.78 Å². The van der Waals surface area contributed by atoms with Gasteiger partial charge in [0.25, 0.3) is 0 Å². The number of ketones is 1. The summed E-state index contributed by atoms with van der Waals surface area (Å²) in [6.45, 7) is 4.14. The molecule has 0 atom stereocenters. The number of hydrogen-bond donors (Lipinski definition) is 2. The Morgan fingerprint density at radius 1 is 1.38 bits per heavy atom. The molecule has 3 nitrogen and oxygen atoms in total. The van der Waals surface area contributed by atoms with E-state index in [4.69, 9.17) is 10.0 Å². The van der Waals surface area contributed by atoms with E-state index in [1.54, 1.807) is 18.2 Å². The van der Waals surface area contributed by atoms with E-state index >= 15 is 0 Å². The van der Waals surface area contributed by atoms with Gasteiger partial charge in [0.2, 0.25) is 0 Å². The average molecular weight is 220 g/mol. The quantitative estimate of drug-likeness (QED) is 0.574. The van der Waals surface area contributed by atoms with Crippen molar-refractivity contribution >= 4 is 18.4 Å². The fourth-order valence-corrected chi connectivity index (χ4v) is 1.44. The number of rotatable bonds is 5. The van der Waals surface area contributed by atoms with E-state index in [0.29, 0.717) is 23.4 Å². The van der Waals surface area contributed by atoms with Crippen LogP contribution in [0.25, 0.3) is 0 Å². The summed E-state index contributed by atoms with van der Waals surface area (Å²) in [6.07, 6.45) is 1.35. The molecule has 0 heterocycles. The molecule has 0 amide bonds. The van der Waals surface area contributed by atoms with Crippen LogP contribution in [0.1, 0.15) is 37.0 Å². The molecule has 16 heavy (non-hydrogen) atoms. The van der Waals surface area contributed by atoms with Crippen molar-refractivity contribution < 1.29 is 14.8 Å². The predicted octanol–water partition coefficient (Wildman–Crippen LogP) is 0.985. The summed E-state index contributed by atoms with van der Waals surface area (Å²) in [6, 6.07) is 6.49. The first-order chi connectivity index (χ1) is 7.50. The van der Waals surface area contributed by atoms with Gasteiger partial charge in [-0.3, -0.25) is 4.79 Å². The van der Waals surface area contributed by atoms with Gasteiger partial charge in [-0.25, -0.2) is 0 Å². The lowest BCUT2D eigenvalue weighted by Gasteiger charge is -2.05. The second-order valence-electron chi connectivity index (χ2n) is 4.35. The minimum absolute atomic E-state index is 0.0520. The monoisotopic (exact) mass is 220 g/mol. The van der Waals surface area contributed by atoms with Crippen LogP contribution in [-0.2, 0) is 0 Å². The first-order valence-corrected chi connectivity index (χ1v) is 5.50. The molecule has 0 bridgehead atoms. The van der Waals surface area contributed by atoms with Gasteiger partial charge >= 0.3 is 7.12 Å². The lowest BCUT2D eigenvalue weighted by Crippen LogP contribution is -2.30. The number of carbonyl (C=O) groups is 1. The van der Waals surface area contributed by atoms with Crippen molar-refractivity contribution in [2.24, 2.45) is 5.92 Å². The Morgan fingerprint density at radius 3 is 2.62 bits per heavy atom. The molecule has 0 saturated carbocycles. The summed E-state index contributed by atoms with van der Waals surface area (Å²) in [7, 11) is -1.52. The zero-order valence-corrected chi connectivity index (χ0v) is 9.68. The van der Waals surface area contributed by atoms with Crippen LogP contribution in [0.2, 0.25) is 0 Å². The maximum Gasteiger partial charge on any atom is 0.488 e. The summed E-state index contributed by atoms with van der Waals surface area (Å²) < 4.78 is 0. The maximum absolute atomic E-state index is 11.8. The number of hydrogen-bond acceptors (Lipinski definition) is 3. The van der Waals surface area contributed by atoms with Crippen LogP contribution in [0, 0.1) is 5.92 Å². The van der Waals surface area contributed by atoms with Gasteiger partial charge < -0.3 is 10.0 Å². The fourth-order valence-electron chi connectivity index (χ4n) is 1.44. The van der Waals surface area contributed by atoms with Crippen LogP contribution in [0.15, 0.2) is 24.3 Å². The summed E-state index contributed by atoms with van der Waals surface area (Å²) in [5.74, 6) is 0.548. The highest BCUT2D eigenvalue weighted by molar-refractivity contribution is 6.58. The highest BCUT2D eigenvalue weighted by Gasteiger charge is 2.13. The standard InChI is InChI=1S/C12H17BO3/c1-9(2)6-7-12(14)10-4-3-5-11(8-10)13(15)16/h3-5,8-9,15-16H,6-7H2,1-2H3. The Morgan fingerprint density at radius 2 is 2.06 bits per heavy atom. The van der Waals surface area contributed by atoms with Gasteiger partial charge in [0, 0.05) is 12.0 Å². The molecule has 1 rings (SSSR count). The average Bonchev–Trinajstić information content (AvgIpc) is 2.26. The van der Waals surface area contributed by atoms with E-state index in [1.165, 1.54) is 6.07 Å². The Balaban J connectivity index is 2.72. The second kappa shape index (κ2) is 5.82. The van der Waals surface area contributed by atoms with Crippen LogP contribution in [-0.4, -0.2) is 22.9 Å². The molecular weight excluding hydrogens is 203 g/mol. The zero-order valence-electron chi connectivity index (χ0n) is 9.68. The zero-order chi connectivity index (χ0) is 12.1. The Bertz CT molecular complexity index is 361. The molecule has 0 saturated heterocycles. The molecule has 4 heteroatoms. The minimum Gasteiger partial charge on any atom is -0.423 e. The highest BCUT2D eigenvalue weighted by atomic mass is 16.4. The third kappa shape index (κ3) is 3.79. The van der Waals surface area contributed by atoms with Gasteiger partial charge in [0.1, 0.15) is 0 Å². The van der Waals surface area contributed by atoms with Crippen LogP contribution in [0.4, 0.5) is 0 Å². The highest BCUT2D eigenvalue weighted by Crippen LogP contribution is 2.09. The van der Waals surface area contributed by atoms with Crippen molar-refractivity contribution in [2.75, 3.05) is 0 Å². The van der Waals surface area contributed by atoms with Crippen LogP contribution >= 0.6 is 0 Å². The van der Waals surface area contributed by atoms with Crippen LogP contribution in [0.5, 0.6) is 0 Å². The first kappa shape index (κ1) is 12.9. The summed E-state index contributed by atoms with van der Waals surface area (Å²) >= 11 is 0. The van der Waals surface area contributed by atoms with Gasteiger partial charge in [-0.15, -0.1) is 0 Å². The van der Waals surface area contributed by atoms with Gasteiger partial charge in [0.15, 0.2) is 5.78 Å². The van der Waals surface area contributed by atoms with Crippen molar-refractivity contribution in [1.82, 2.24) is 0 Å². The molecule has 0 spiro atoms. The normalized spacial score (nSPS) is 10.6. The summed E-state index contributed by atoms with van der Waals surface area (Å²) in [4.78, 5) is 11.8. The van der Waals surface area contributed by atoms with E-state index in [2.05, 4.69) is 13.8 Å². The van der Waals surface area contributed by atoms with E-state index in [9.17, 15) is 4.79 Å². The molecule has 0 aliphatic carbocycles. The summed E-state index contributed by atoms with van der Waals surface area (Å²) in [5.41, 5.74) is 0.904. The SMILES string of the molecule is CC(C)CCC(=O)c1cccc(B(O)O)c1. The molecule has 86 valence electrons. The largest absolute Gasteiger partial charge is 0.488 e. The molecule has 0 aromatic heterocycles. The van der Waals surface area contributed by atoms with Gasteiger partial charge in [-0.05, 0) is 17.8 Å². The Labute approximate surface area is 96.3 Å². The molecule has 0 aliphatic heterocycles. The van der Waals surface area contributed by atoms with Crippen molar-refractivity contribution in [1.29, 1.82) is 0 Å². The number of carbonyl (C=O) groups excluding carboxylic acids is 1. The lowest BCUT2D eigenvalue weighted by molar-refractivity contribution is 0.0975. The Kier molecular flexibility index (Phi) is 4.71. The molecule has 2 N–H and O–H groups in total. The molecule has 1 aromatic carbocycles. The van der Waals surface area contributed by atoms with E-state index in [1.807, 2.05) is 0 Å². The van der Waals surface area contributed by atoms with Crippen molar-refractivity contribution in [3.05, 3.63) is 29.8 Å².